The molecule has 0 aliphatic carbocycles. The van der Waals surface area contributed by atoms with Crippen LogP contribution >= 0.6 is 11.8 Å². The van der Waals surface area contributed by atoms with Gasteiger partial charge in [0.2, 0.25) is 0 Å². The zero-order chi connectivity index (χ0) is 12.3. The van der Waals surface area contributed by atoms with Crippen molar-refractivity contribution in [1.29, 1.82) is 5.26 Å². The predicted octanol–water partition coefficient (Wildman–Crippen LogP) is 3.60. The molecule has 0 spiro atoms. The fraction of sp³-hybridized carbons (Fsp3) is 0.0714. The van der Waals surface area contributed by atoms with E-state index in [0.29, 0.717) is 11.3 Å². The highest BCUT2D eigenvalue weighted by atomic mass is 32.2. The highest BCUT2D eigenvalue weighted by Crippen LogP contribution is 2.33. The molecule has 0 heterocycles. The van der Waals surface area contributed by atoms with Crippen LogP contribution in [-0.2, 0) is 0 Å². The Bertz CT molecular complexity index is 585. The Hall–Kier alpha value is -1.92. The average molecular weight is 240 g/mol. The van der Waals surface area contributed by atoms with Crippen molar-refractivity contribution in [2.75, 3.05) is 5.73 Å². The van der Waals surface area contributed by atoms with Crippen LogP contribution < -0.4 is 5.73 Å². The largest absolute Gasteiger partial charge is 0.397 e. The highest BCUT2D eigenvalue weighted by molar-refractivity contribution is 7.99. The first kappa shape index (κ1) is 11.6. The summed E-state index contributed by atoms with van der Waals surface area (Å²) in [4.78, 5) is 2.06. The van der Waals surface area contributed by atoms with E-state index in [1.165, 1.54) is 5.56 Å². The van der Waals surface area contributed by atoms with Crippen LogP contribution in [0.5, 0.6) is 0 Å². The Labute approximate surface area is 105 Å². The van der Waals surface area contributed by atoms with Crippen LogP contribution in [-0.4, -0.2) is 0 Å². The van der Waals surface area contributed by atoms with E-state index in [0.717, 1.165) is 9.79 Å². The van der Waals surface area contributed by atoms with Crippen LogP contribution in [0.3, 0.4) is 0 Å². The van der Waals surface area contributed by atoms with Gasteiger partial charge in [-0.25, -0.2) is 0 Å². The molecule has 17 heavy (non-hydrogen) atoms. The Morgan fingerprint density at radius 3 is 2.65 bits per heavy atom. The highest BCUT2D eigenvalue weighted by Gasteiger charge is 2.05. The van der Waals surface area contributed by atoms with E-state index in [-0.39, 0.29) is 0 Å². The summed E-state index contributed by atoms with van der Waals surface area (Å²) in [5.74, 6) is 0. The quantitative estimate of drug-likeness (QED) is 0.816. The van der Waals surface area contributed by atoms with Crippen molar-refractivity contribution in [1.82, 2.24) is 0 Å². The molecule has 0 atom stereocenters. The summed E-state index contributed by atoms with van der Waals surface area (Å²) in [6.45, 7) is 2.05. The molecular weight excluding hydrogens is 228 g/mol. The summed E-state index contributed by atoms with van der Waals surface area (Å²) >= 11 is 1.58. The number of nitrogens with two attached hydrogens (primary N) is 1. The molecular formula is C14H12N2S. The van der Waals surface area contributed by atoms with Gasteiger partial charge in [-0.15, -0.1) is 0 Å². The number of nitrogens with zero attached hydrogens (tertiary/aromatic N) is 1. The first-order valence-corrected chi connectivity index (χ1v) is 6.05. The van der Waals surface area contributed by atoms with Gasteiger partial charge in [-0.05, 0) is 31.2 Å². The van der Waals surface area contributed by atoms with E-state index in [9.17, 15) is 0 Å². The van der Waals surface area contributed by atoms with Crippen molar-refractivity contribution < 1.29 is 0 Å². The Balaban J connectivity index is 2.34. The van der Waals surface area contributed by atoms with Gasteiger partial charge in [0.15, 0.2) is 0 Å². The lowest BCUT2D eigenvalue weighted by Crippen LogP contribution is -1.92. The van der Waals surface area contributed by atoms with E-state index < -0.39 is 0 Å². The second-order valence-corrected chi connectivity index (χ2v) is 4.86. The van der Waals surface area contributed by atoms with Crippen molar-refractivity contribution in [3.05, 3.63) is 53.6 Å². The summed E-state index contributed by atoms with van der Waals surface area (Å²) < 4.78 is 0. The third kappa shape index (κ3) is 2.61. The number of hydrogen-bond donors (Lipinski definition) is 1. The maximum atomic E-state index is 8.91. The molecule has 2 aromatic rings. The van der Waals surface area contributed by atoms with E-state index in [1.807, 2.05) is 24.3 Å². The van der Waals surface area contributed by atoms with Crippen LogP contribution in [0.1, 0.15) is 11.1 Å². The van der Waals surface area contributed by atoms with Crippen molar-refractivity contribution >= 4 is 17.4 Å². The first-order valence-electron chi connectivity index (χ1n) is 5.24. The van der Waals surface area contributed by atoms with Crippen molar-refractivity contribution in [2.24, 2.45) is 0 Å². The molecule has 0 saturated heterocycles. The molecule has 2 aromatic carbocycles. The number of para-hydroxylation sites is 1. The van der Waals surface area contributed by atoms with Gasteiger partial charge in [0, 0.05) is 9.79 Å². The molecule has 0 unspecified atom stereocenters. The molecule has 0 aliphatic heterocycles. The minimum absolute atomic E-state index is 0.530. The van der Waals surface area contributed by atoms with Crippen LogP contribution in [0.2, 0.25) is 0 Å². The summed E-state index contributed by atoms with van der Waals surface area (Å²) in [6, 6.07) is 15.8. The third-order valence-corrected chi connectivity index (χ3v) is 3.47. The summed E-state index contributed by atoms with van der Waals surface area (Å²) in [7, 11) is 0. The first-order chi connectivity index (χ1) is 8.20. The molecule has 2 rings (SSSR count). The van der Waals surface area contributed by atoms with Gasteiger partial charge < -0.3 is 5.73 Å². The van der Waals surface area contributed by atoms with Crippen molar-refractivity contribution in [3.63, 3.8) is 0 Å². The third-order valence-electron chi connectivity index (χ3n) is 2.40. The van der Waals surface area contributed by atoms with Gasteiger partial charge in [-0.2, -0.15) is 5.26 Å². The summed E-state index contributed by atoms with van der Waals surface area (Å²) in [5.41, 5.74) is 8.24. The molecule has 3 heteroatoms. The summed E-state index contributed by atoms with van der Waals surface area (Å²) in [6.07, 6.45) is 0. The Kier molecular flexibility index (Phi) is 3.36. The monoisotopic (exact) mass is 240 g/mol. The molecule has 2 N–H and O–H groups in total. The van der Waals surface area contributed by atoms with E-state index in [4.69, 9.17) is 11.0 Å². The normalized spacial score (nSPS) is 9.88. The average Bonchev–Trinajstić information content (AvgIpc) is 2.32. The fourth-order valence-electron chi connectivity index (χ4n) is 1.54. The lowest BCUT2D eigenvalue weighted by Gasteiger charge is -2.06. The molecule has 0 aromatic heterocycles. The SMILES string of the molecule is Cc1cccc(Sc2cccc(C#N)c2N)c1. The number of anilines is 1. The van der Waals surface area contributed by atoms with Crippen molar-refractivity contribution in [2.45, 2.75) is 16.7 Å². The van der Waals surface area contributed by atoms with Gasteiger partial charge in [0.05, 0.1) is 11.3 Å². The number of nitrogen functional groups attached to an aromatic ring is 1. The smallest absolute Gasteiger partial charge is 0.101 e. The Morgan fingerprint density at radius 2 is 1.94 bits per heavy atom. The maximum Gasteiger partial charge on any atom is 0.101 e. The summed E-state index contributed by atoms with van der Waals surface area (Å²) in [5, 5.41) is 8.91. The second-order valence-electron chi connectivity index (χ2n) is 3.75. The number of benzene rings is 2. The minimum Gasteiger partial charge on any atom is -0.397 e. The molecule has 0 amide bonds. The zero-order valence-electron chi connectivity index (χ0n) is 9.47. The molecule has 2 nitrogen and oxygen atoms in total. The number of hydrogen-bond acceptors (Lipinski definition) is 3. The van der Waals surface area contributed by atoms with E-state index in [1.54, 1.807) is 17.8 Å². The molecule has 0 radical (unpaired) electrons. The van der Waals surface area contributed by atoms with Gasteiger partial charge in [-0.3, -0.25) is 0 Å². The van der Waals surface area contributed by atoms with Crippen LogP contribution in [0.4, 0.5) is 5.69 Å². The number of aryl methyl sites for hydroxylation is 1. The predicted molar refractivity (Wildman–Crippen MR) is 70.9 cm³/mol. The topological polar surface area (TPSA) is 49.8 Å². The second kappa shape index (κ2) is 4.94. The molecule has 0 fully saturated rings. The van der Waals surface area contributed by atoms with Gasteiger partial charge in [0.1, 0.15) is 6.07 Å². The van der Waals surface area contributed by atoms with Gasteiger partial charge in [0.25, 0.3) is 0 Å². The molecule has 0 aliphatic rings. The number of nitriles is 1. The lowest BCUT2D eigenvalue weighted by atomic mass is 10.2. The van der Waals surface area contributed by atoms with Crippen LogP contribution in [0.25, 0.3) is 0 Å². The van der Waals surface area contributed by atoms with Gasteiger partial charge >= 0.3 is 0 Å². The fourth-order valence-corrected chi connectivity index (χ4v) is 2.55. The van der Waals surface area contributed by atoms with E-state index >= 15 is 0 Å². The van der Waals surface area contributed by atoms with Crippen LogP contribution in [0, 0.1) is 18.3 Å². The van der Waals surface area contributed by atoms with Gasteiger partial charge in [-0.1, -0.05) is 35.5 Å². The minimum atomic E-state index is 0.530. The lowest BCUT2D eigenvalue weighted by molar-refractivity contribution is 1.34. The molecule has 0 saturated carbocycles. The molecule has 0 bridgehead atoms. The molecule has 84 valence electrons. The maximum absolute atomic E-state index is 8.91. The zero-order valence-corrected chi connectivity index (χ0v) is 10.3. The van der Waals surface area contributed by atoms with Crippen LogP contribution in [0.15, 0.2) is 52.3 Å². The van der Waals surface area contributed by atoms with Crippen molar-refractivity contribution in [3.8, 4) is 6.07 Å². The standard InChI is InChI=1S/C14H12N2S/c1-10-4-2-6-12(8-10)17-13-7-3-5-11(9-15)14(13)16/h2-8H,16H2,1H3. The Morgan fingerprint density at radius 1 is 1.18 bits per heavy atom. The number of rotatable bonds is 2. The van der Waals surface area contributed by atoms with E-state index in [2.05, 4.69) is 25.1 Å².